The van der Waals surface area contributed by atoms with Gasteiger partial charge in [-0.15, -0.1) is 0 Å². The van der Waals surface area contributed by atoms with Crippen molar-refractivity contribution in [1.82, 2.24) is 9.80 Å². The first-order valence-electron chi connectivity index (χ1n) is 14.4. The third kappa shape index (κ3) is 9.61. The van der Waals surface area contributed by atoms with Crippen LogP contribution in [0.5, 0.6) is 34.5 Å². The van der Waals surface area contributed by atoms with Crippen molar-refractivity contribution in [3.05, 3.63) is 47.5 Å². The van der Waals surface area contributed by atoms with Crippen LogP contribution in [0.3, 0.4) is 0 Å². The molecule has 0 unspecified atom stereocenters. The molecule has 0 spiro atoms. The molecule has 1 fully saturated rings. The van der Waals surface area contributed by atoms with E-state index in [9.17, 15) is 0 Å². The molecule has 0 radical (unpaired) electrons. The van der Waals surface area contributed by atoms with E-state index in [2.05, 4.69) is 34.1 Å². The van der Waals surface area contributed by atoms with Gasteiger partial charge in [-0.25, -0.2) is 0 Å². The maximum absolute atomic E-state index is 5.46. The Kier molecular flexibility index (Phi) is 13.7. The van der Waals surface area contributed by atoms with E-state index < -0.39 is 0 Å². The Bertz CT molecular complexity index is 995. The fourth-order valence-corrected chi connectivity index (χ4v) is 5.17. The molecule has 0 amide bonds. The van der Waals surface area contributed by atoms with E-state index in [0.717, 1.165) is 63.0 Å². The lowest BCUT2D eigenvalue weighted by molar-refractivity contribution is 0.254. The molecule has 1 heterocycles. The first-order chi connectivity index (χ1) is 20.1. The molecule has 3 rings (SSSR count). The maximum atomic E-state index is 5.46. The second-order valence-electron chi connectivity index (χ2n) is 10.0. The molecule has 2 aromatic rings. The van der Waals surface area contributed by atoms with Crippen LogP contribution >= 0.6 is 0 Å². The van der Waals surface area contributed by atoms with Gasteiger partial charge in [0.05, 0.1) is 42.7 Å². The van der Waals surface area contributed by atoms with Crippen LogP contribution in [-0.2, 0) is 0 Å². The number of nitrogens with zero attached hydrogens (tertiary/aromatic N) is 2. The molecule has 0 bridgehead atoms. The zero-order valence-corrected chi connectivity index (χ0v) is 25.7. The summed E-state index contributed by atoms with van der Waals surface area (Å²) >= 11 is 0. The summed E-state index contributed by atoms with van der Waals surface area (Å²) in [6.07, 6.45) is 14.3. The zero-order chi connectivity index (χ0) is 29.5. The average Bonchev–Trinajstić information content (AvgIpc) is 3.24. The summed E-state index contributed by atoms with van der Waals surface area (Å²) in [7, 11) is 9.81. The van der Waals surface area contributed by atoms with Crippen LogP contribution in [0, 0.1) is 0 Å². The first-order valence-corrected chi connectivity index (χ1v) is 14.4. The van der Waals surface area contributed by atoms with Crippen LogP contribution < -0.4 is 28.4 Å². The molecule has 1 aliphatic rings. The third-order valence-electron chi connectivity index (χ3n) is 7.37. The Morgan fingerprint density at radius 2 is 0.902 bits per heavy atom. The molecule has 1 saturated heterocycles. The number of hydrogen-bond donors (Lipinski definition) is 0. The van der Waals surface area contributed by atoms with Gasteiger partial charge in [-0.1, -0.05) is 24.3 Å². The summed E-state index contributed by atoms with van der Waals surface area (Å²) in [6, 6.07) is 7.91. The van der Waals surface area contributed by atoms with Crippen molar-refractivity contribution in [3.8, 4) is 34.5 Å². The van der Waals surface area contributed by atoms with E-state index >= 15 is 0 Å². The van der Waals surface area contributed by atoms with Gasteiger partial charge in [0, 0.05) is 13.1 Å². The number of rotatable bonds is 16. The number of benzene rings is 2. The van der Waals surface area contributed by atoms with Crippen LogP contribution in [0.25, 0.3) is 12.2 Å². The molecule has 1 aliphatic heterocycles. The second-order valence-corrected chi connectivity index (χ2v) is 10.0. The van der Waals surface area contributed by atoms with Gasteiger partial charge >= 0.3 is 0 Å². The Hall–Kier alpha value is -3.36. The number of ether oxygens (including phenoxy) is 6. The van der Waals surface area contributed by atoms with E-state index in [1.165, 1.54) is 19.5 Å². The second kappa shape index (κ2) is 17.5. The van der Waals surface area contributed by atoms with Crippen LogP contribution in [0.1, 0.15) is 43.2 Å². The maximum Gasteiger partial charge on any atom is 0.203 e. The topological polar surface area (TPSA) is 61.9 Å². The van der Waals surface area contributed by atoms with Crippen molar-refractivity contribution in [2.75, 3.05) is 81.9 Å². The SMILES string of the molecule is COc1cc(C=CCCCN2CCCN(CCCC=Cc3cc(OC)c(OC)c(OC)c3)CC2)cc(OC)c1OC. The smallest absolute Gasteiger partial charge is 0.203 e. The predicted molar refractivity (Wildman–Crippen MR) is 166 cm³/mol. The first kappa shape index (κ1) is 32.2. The fourth-order valence-electron chi connectivity index (χ4n) is 5.17. The lowest BCUT2D eigenvalue weighted by Crippen LogP contribution is -2.31. The van der Waals surface area contributed by atoms with Crippen molar-refractivity contribution >= 4 is 12.2 Å². The molecular weight excluding hydrogens is 520 g/mol. The van der Waals surface area contributed by atoms with E-state index in [1.807, 2.05) is 24.3 Å². The van der Waals surface area contributed by atoms with Gasteiger partial charge in [0.25, 0.3) is 0 Å². The lowest BCUT2D eigenvalue weighted by atomic mass is 10.1. The molecule has 0 saturated carbocycles. The highest BCUT2D eigenvalue weighted by Crippen LogP contribution is 2.39. The van der Waals surface area contributed by atoms with Gasteiger partial charge in [0.1, 0.15) is 0 Å². The minimum Gasteiger partial charge on any atom is -0.493 e. The van der Waals surface area contributed by atoms with Crippen LogP contribution in [0.15, 0.2) is 36.4 Å². The monoisotopic (exact) mass is 568 g/mol. The van der Waals surface area contributed by atoms with Crippen LogP contribution in [-0.4, -0.2) is 91.7 Å². The number of allylic oxidation sites excluding steroid dienone is 2. The van der Waals surface area contributed by atoms with E-state index in [0.29, 0.717) is 34.5 Å². The number of hydrogen-bond acceptors (Lipinski definition) is 8. The molecule has 0 aromatic heterocycles. The van der Waals surface area contributed by atoms with Crippen LogP contribution in [0.2, 0.25) is 0 Å². The molecular formula is C33H48N2O6. The quantitative estimate of drug-likeness (QED) is 0.228. The van der Waals surface area contributed by atoms with Crippen molar-refractivity contribution in [2.45, 2.75) is 32.1 Å². The summed E-state index contributed by atoms with van der Waals surface area (Å²) in [5.41, 5.74) is 2.09. The minimum absolute atomic E-state index is 0.620. The highest BCUT2D eigenvalue weighted by Gasteiger charge is 2.15. The van der Waals surface area contributed by atoms with Crippen LogP contribution in [0.4, 0.5) is 0 Å². The van der Waals surface area contributed by atoms with Gasteiger partial charge < -0.3 is 38.2 Å². The van der Waals surface area contributed by atoms with Gasteiger partial charge in [-0.2, -0.15) is 0 Å². The highest BCUT2D eigenvalue weighted by molar-refractivity contribution is 5.63. The Morgan fingerprint density at radius 3 is 1.22 bits per heavy atom. The Balaban J connectivity index is 1.37. The summed E-state index contributed by atoms with van der Waals surface area (Å²) in [6.45, 7) is 6.88. The van der Waals surface area contributed by atoms with Gasteiger partial charge in [0.15, 0.2) is 23.0 Å². The summed E-state index contributed by atoms with van der Waals surface area (Å²) in [5, 5.41) is 0. The van der Waals surface area contributed by atoms with Gasteiger partial charge in [-0.3, -0.25) is 0 Å². The van der Waals surface area contributed by atoms with Crippen molar-refractivity contribution in [1.29, 1.82) is 0 Å². The van der Waals surface area contributed by atoms with Crippen molar-refractivity contribution in [3.63, 3.8) is 0 Å². The molecule has 2 aromatic carbocycles. The summed E-state index contributed by atoms with van der Waals surface area (Å²) < 4.78 is 32.7. The highest BCUT2D eigenvalue weighted by atomic mass is 16.5. The normalized spacial score (nSPS) is 14.8. The molecule has 8 nitrogen and oxygen atoms in total. The molecule has 0 N–H and O–H groups in total. The fraction of sp³-hybridized carbons (Fsp3) is 0.515. The Morgan fingerprint density at radius 1 is 0.537 bits per heavy atom. The largest absolute Gasteiger partial charge is 0.493 e. The van der Waals surface area contributed by atoms with E-state index in [4.69, 9.17) is 28.4 Å². The predicted octanol–water partition coefficient (Wildman–Crippen LogP) is 6.03. The summed E-state index contributed by atoms with van der Waals surface area (Å²) in [5.74, 6) is 3.94. The number of methoxy groups -OCH3 is 6. The molecule has 0 aliphatic carbocycles. The molecule has 8 heteroatoms. The minimum atomic E-state index is 0.620. The average molecular weight is 569 g/mol. The van der Waals surface area contributed by atoms with E-state index in [-0.39, 0.29) is 0 Å². The molecule has 0 atom stereocenters. The third-order valence-corrected chi connectivity index (χ3v) is 7.37. The van der Waals surface area contributed by atoms with Gasteiger partial charge in [-0.05, 0) is 93.7 Å². The lowest BCUT2D eigenvalue weighted by Gasteiger charge is -2.21. The summed E-state index contributed by atoms with van der Waals surface area (Å²) in [4.78, 5) is 5.22. The van der Waals surface area contributed by atoms with Crippen molar-refractivity contribution < 1.29 is 28.4 Å². The Labute approximate surface area is 246 Å². The van der Waals surface area contributed by atoms with E-state index in [1.54, 1.807) is 42.7 Å². The zero-order valence-electron chi connectivity index (χ0n) is 25.7. The van der Waals surface area contributed by atoms with Crippen molar-refractivity contribution in [2.24, 2.45) is 0 Å². The standard InChI is InChI=1S/C33H48N2O6/c1-36-28-22-26(23-29(37-2)32(28)40-5)14-9-7-11-16-34-18-13-19-35(21-20-34)17-12-8-10-15-27-24-30(38-3)33(41-6)31(25-27)39-4/h9-10,14-15,22-25H,7-8,11-13,16-21H2,1-6H3. The molecule has 226 valence electrons. The number of unbranched alkanes of at least 4 members (excludes halogenated alkanes) is 2. The van der Waals surface area contributed by atoms with Gasteiger partial charge in [0.2, 0.25) is 11.5 Å². The molecule has 41 heavy (non-hydrogen) atoms.